The van der Waals surface area contributed by atoms with Crippen molar-refractivity contribution in [2.75, 3.05) is 43.1 Å². The second-order valence-corrected chi connectivity index (χ2v) is 10.1. The zero-order chi connectivity index (χ0) is 24.8. The molecule has 0 bridgehead atoms. The number of nitrogens with one attached hydrogen (secondary N) is 1. The van der Waals surface area contributed by atoms with Gasteiger partial charge in [-0.05, 0) is 60.5 Å². The number of carboxylic acids is 1. The summed E-state index contributed by atoms with van der Waals surface area (Å²) >= 11 is 0. The van der Waals surface area contributed by atoms with E-state index in [1.807, 2.05) is 30.3 Å². The molecule has 1 aliphatic rings. The molecule has 0 unspecified atom stereocenters. The number of piperazine rings is 1. The maximum Gasteiger partial charge on any atom is 0.322 e. The molecule has 3 aromatic rings. The zero-order valence-electron chi connectivity index (χ0n) is 19.5. The summed E-state index contributed by atoms with van der Waals surface area (Å²) in [6.07, 6.45) is 0.0615. The third kappa shape index (κ3) is 6.12. The van der Waals surface area contributed by atoms with Crippen LogP contribution in [0.25, 0.3) is 0 Å². The van der Waals surface area contributed by atoms with Gasteiger partial charge in [0.2, 0.25) is 10.0 Å². The van der Waals surface area contributed by atoms with Gasteiger partial charge in [0.05, 0.1) is 12.0 Å². The summed E-state index contributed by atoms with van der Waals surface area (Å²) in [4.78, 5) is 16.2. The van der Waals surface area contributed by atoms with E-state index in [4.69, 9.17) is 4.74 Å². The molecule has 1 aliphatic heterocycles. The number of aliphatic carboxylic acids is 1. The van der Waals surface area contributed by atoms with Gasteiger partial charge in [0, 0.05) is 37.6 Å². The molecule has 0 spiro atoms. The Labute approximate surface area is 205 Å². The third-order valence-corrected chi connectivity index (χ3v) is 7.60. The van der Waals surface area contributed by atoms with Crippen molar-refractivity contribution in [3.8, 4) is 5.75 Å². The van der Waals surface area contributed by atoms with E-state index < -0.39 is 22.0 Å². The molecule has 1 atom stereocenters. The number of ether oxygens (including phenoxy) is 1. The first kappa shape index (κ1) is 24.6. The highest BCUT2D eigenvalue weighted by molar-refractivity contribution is 7.89. The summed E-state index contributed by atoms with van der Waals surface area (Å²) in [6.45, 7) is 3.28. The van der Waals surface area contributed by atoms with Crippen molar-refractivity contribution in [3.63, 3.8) is 0 Å². The van der Waals surface area contributed by atoms with E-state index in [9.17, 15) is 18.3 Å². The molecule has 0 aromatic heterocycles. The maximum absolute atomic E-state index is 12.9. The van der Waals surface area contributed by atoms with Gasteiger partial charge in [-0.25, -0.2) is 8.42 Å². The van der Waals surface area contributed by atoms with Crippen LogP contribution in [-0.4, -0.2) is 58.8 Å². The fraction of sp³-hybridized carbons (Fsp3) is 0.269. The minimum atomic E-state index is -3.99. The van der Waals surface area contributed by atoms with Crippen LogP contribution in [0.4, 0.5) is 11.4 Å². The Morgan fingerprint density at radius 1 is 0.886 bits per heavy atom. The van der Waals surface area contributed by atoms with Crippen LogP contribution in [0.2, 0.25) is 0 Å². The number of rotatable bonds is 9. The van der Waals surface area contributed by atoms with E-state index in [0.717, 1.165) is 48.9 Å². The molecule has 1 fully saturated rings. The van der Waals surface area contributed by atoms with E-state index >= 15 is 0 Å². The van der Waals surface area contributed by atoms with Crippen molar-refractivity contribution in [2.24, 2.45) is 0 Å². The Hall–Kier alpha value is -3.56. The van der Waals surface area contributed by atoms with Gasteiger partial charge in [0.15, 0.2) is 0 Å². The van der Waals surface area contributed by atoms with Gasteiger partial charge in [0.25, 0.3) is 0 Å². The van der Waals surface area contributed by atoms with Gasteiger partial charge in [-0.15, -0.1) is 0 Å². The quantitative estimate of drug-likeness (QED) is 0.471. The summed E-state index contributed by atoms with van der Waals surface area (Å²) in [5, 5.41) is 9.55. The minimum Gasteiger partial charge on any atom is -0.497 e. The number of hydrogen-bond acceptors (Lipinski definition) is 6. The van der Waals surface area contributed by atoms with Crippen molar-refractivity contribution in [2.45, 2.75) is 17.4 Å². The Balaban J connectivity index is 1.38. The molecule has 0 amide bonds. The molecule has 1 saturated heterocycles. The maximum atomic E-state index is 12.9. The summed E-state index contributed by atoms with van der Waals surface area (Å²) in [6, 6.07) is 22.3. The lowest BCUT2D eigenvalue weighted by Gasteiger charge is -2.37. The third-order valence-electron chi connectivity index (χ3n) is 6.11. The molecular weight excluding hydrogens is 466 g/mol. The van der Waals surface area contributed by atoms with E-state index in [0.29, 0.717) is 0 Å². The van der Waals surface area contributed by atoms with Crippen LogP contribution in [0.1, 0.15) is 5.56 Å². The standard InChI is InChI=1S/C26H29N3O5S/c1-34-23-11-7-21(8-12-23)28-15-17-29(18-16-28)22-9-13-24(14-10-22)35(32,33)27-25(26(30)31)19-20-5-3-2-4-6-20/h2-14,25,27H,15-19H2,1H3,(H,30,31)/t25-/m0/s1. The molecule has 4 rings (SSSR count). The molecule has 0 aliphatic carbocycles. The number of sulfonamides is 1. The van der Waals surface area contributed by atoms with Gasteiger partial charge < -0.3 is 19.6 Å². The fourth-order valence-corrected chi connectivity index (χ4v) is 5.33. The molecule has 1 heterocycles. The van der Waals surface area contributed by atoms with Crippen LogP contribution in [0.5, 0.6) is 5.75 Å². The number of carboxylic acid groups (broad SMARTS) is 1. The molecule has 2 N–H and O–H groups in total. The summed E-state index contributed by atoms with van der Waals surface area (Å²) in [5.41, 5.74) is 2.81. The van der Waals surface area contributed by atoms with E-state index in [1.54, 1.807) is 43.5 Å². The average Bonchev–Trinajstić information content (AvgIpc) is 2.89. The zero-order valence-corrected chi connectivity index (χ0v) is 20.3. The van der Waals surface area contributed by atoms with Gasteiger partial charge in [-0.2, -0.15) is 4.72 Å². The molecule has 3 aromatic carbocycles. The molecule has 9 heteroatoms. The average molecular weight is 496 g/mol. The minimum absolute atomic E-state index is 0.0393. The first-order valence-corrected chi connectivity index (χ1v) is 12.9. The smallest absolute Gasteiger partial charge is 0.322 e. The highest BCUT2D eigenvalue weighted by Crippen LogP contribution is 2.24. The molecular formula is C26H29N3O5S. The summed E-state index contributed by atoms with van der Waals surface area (Å²) < 4.78 is 33.3. The Morgan fingerprint density at radius 3 is 1.89 bits per heavy atom. The van der Waals surface area contributed by atoms with E-state index in [2.05, 4.69) is 14.5 Å². The van der Waals surface area contributed by atoms with Crippen molar-refractivity contribution >= 4 is 27.4 Å². The summed E-state index contributed by atoms with van der Waals surface area (Å²) in [7, 11) is -2.34. The molecule has 0 radical (unpaired) electrons. The SMILES string of the molecule is COc1ccc(N2CCN(c3ccc(S(=O)(=O)N[C@@H](Cc4ccccc4)C(=O)O)cc3)CC2)cc1. The number of benzene rings is 3. The monoisotopic (exact) mass is 495 g/mol. The normalized spacial score (nSPS) is 15.0. The second kappa shape index (κ2) is 10.8. The van der Waals surface area contributed by atoms with E-state index in [-0.39, 0.29) is 11.3 Å². The number of methoxy groups -OCH3 is 1. The number of nitrogens with zero attached hydrogens (tertiary/aromatic N) is 2. The van der Waals surface area contributed by atoms with Gasteiger partial charge in [-0.1, -0.05) is 30.3 Å². The Bertz CT molecular complexity index is 1220. The van der Waals surface area contributed by atoms with Gasteiger partial charge in [-0.3, -0.25) is 4.79 Å². The topological polar surface area (TPSA) is 99.2 Å². The lowest BCUT2D eigenvalue weighted by Crippen LogP contribution is -2.46. The highest BCUT2D eigenvalue weighted by atomic mass is 32.2. The second-order valence-electron chi connectivity index (χ2n) is 8.37. The fourth-order valence-electron chi connectivity index (χ4n) is 4.14. The lowest BCUT2D eigenvalue weighted by atomic mass is 10.1. The largest absolute Gasteiger partial charge is 0.497 e. The molecule has 184 valence electrons. The predicted octanol–water partition coefficient (Wildman–Crippen LogP) is 3.00. The Morgan fingerprint density at radius 2 is 1.40 bits per heavy atom. The lowest BCUT2D eigenvalue weighted by molar-refractivity contribution is -0.138. The van der Waals surface area contributed by atoms with Crippen LogP contribution in [-0.2, 0) is 21.2 Å². The Kier molecular flexibility index (Phi) is 7.57. The van der Waals surface area contributed by atoms with Crippen molar-refractivity contribution < 1.29 is 23.1 Å². The first-order chi connectivity index (χ1) is 16.9. The molecule has 0 saturated carbocycles. The van der Waals surface area contributed by atoms with Crippen molar-refractivity contribution in [1.29, 1.82) is 0 Å². The van der Waals surface area contributed by atoms with E-state index in [1.165, 1.54) is 12.1 Å². The predicted molar refractivity (Wildman–Crippen MR) is 136 cm³/mol. The number of anilines is 2. The van der Waals surface area contributed by atoms with Crippen LogP contribution in [0, 0.1) is 0 Å². The summed E-state index contributed by atoms with van der Waals surface area (Å²) in [5.74, 6) is -0.393. The first-order valence-electron chi connectivity index (χ1n) is 11.4. The van der Waals surface area contributed by atoms with Crippen molar-refractivity contribution in [1.82, 2.24) is 4.72 Å². The van der Waals surface area contributed by atoms with Crippen LogP contribution < -0.4 is 19.3 Å². The number of hydrogen-bond donors (Lipinski definition) is 2. The molecule has 35 heavy (non-hydrogen) atoms. The van der Waals surface area contributed by atoms with Crippen LogP contribution >= 0.6 is 0 Å². The number of carbonyl (C=O) groups is 1. The van der Waals surface area contributed by atoms with Crippen LogP contribution in [0.3, 0.4) is 0 Å². The van der Waals surface area contributed by atoms with Gasteiger partial charge in [0.1, 0.15) is 11.8 Å². The van der Waals surface area contributed by atoms with Gasteiger partial charge >= 0.3 is 5.97 Å². The van der Waals surface area contributed by atoms with Crippen LogP contribution in [0.15, 0.2) is 83.8 Å². The van der Waals surface area contributed by atoms with Crippen molar-refractivity contribution in [3.05, 3.63) is 84.4 Å². The highest BCUT2D eigenvalue weighted by Gasteiger charge is 2.26. The molecule has 8 nitrogen and oxygen atoms in total.